The summed E-state index contributed by atoms with van der Waals surface area (Å²) >= 11 is 0. The lowest BCUT2D eigenvalue weighted by Crippen LogP contribution is -2.57. The first-order valence-corrected chi connectivity index (χ1v) is 15.8. The highest BCUT2D eigenvalue weighted by Gasteiger charge is 2.47. The van der Waals surface area contributed by atoms with Gasteiger partial charge in [-0.15, -0.1) is 0 Å². The average Bonchev–Trinajstić information content (AvgIpc) is 3.37. The number of aryl methyl sites for hydroxylation is 1. The van der Waals surface area contributed by atoms with Crippen molar-refractivity contribution in [1.29, 1.82) is 0 Å². The van der Waals surface area contributed by atoms with Gasteiger partial charge in [-0.2, -0.15) is 5.10 Å². The van der Waals surface area contributed by atoms with Gasteiger partial charge in [-0.25, -0.2) is 26.9 Å². The molecular weight excluding hydrogens is 564 g/mol. The highest BCUT2D eigenvalue weighted by atomic mass is 32.2. The molecule has 0 spiro atoms. The fourth-order valence-corrected chi connectivity index (χ4v) is 7.06. The van der Waals surface area contributed by atoms with Gasteiger partial charge in [0.2, 0.25) is 0 Å². The predicted molar refractivity (Wildman–Crippen MR) is 158 cm³/mol. The summed E-state index contributed by atoms with van der Waals surface area (Å²) in [6.07, 6.45) is 5.89. The van der Waals surface area contributed by atoms with E-state index in [-0.39, 0.29) is 36.6 Å². The Hall–Kier alpha value is -3.87. The van der Waals surface area contributed by atoms with Crippen molar-refractivity contribution in [2.45, 2.75) is 44.7 Å². The molecule has 0 amide bonds. The first-order valence-electron chi connectivity index (χ1n) is 13.7. The van der Waals surface area contributed by atoms with Gasteiger partial charge in [0.15, 0.2) is 5.82 Å². The molecular formula is C29H33F2N7O3S. The van der Waals surface area contributed by atoms with Crippen LogP contribution in [0.3, 0.4) is 0 Å². The minimum Gasteiger partial charge on any atom is -0.496 e. The van der Waals surface area contributed by atoms with E-state index in [1.165, 1.54) is 6.26 Å². The van der Waals surface area contributed by atoms with Crippen molar-refractivity contribution in [3.05, 3.63) is 48.5 Å². The van der Waals surface area contributed by atoms with Gasteiger partial charge in [-0.3, -0.25) is 9.97 Å². The Morgan fingerprint density at radius 2 is 1.93 bits per heavy atom. The first kappa shape index (κ1) is 28.3. The Morgan fingerprint density at radius 3 is 2.60 bits per heavy atom. The molecule has 13 heteroatoms. The Morgan fingerprint density at radius 1 is 1.17 bits per heavy atom. The molecule has 10 nitrogen and oxygen atoms in total. The first-order chi connectivity index (χ1) is 19.8. The number of aromatic nitrogens is 5. The lowest BCUT2D eigenvalue weighted by atomic mass is 9.87. The number of pyridine rings is 3. The highest BCUT2D eigenvalue weighted by Crippen LogP contribution is 2.42. The normalized spacial score (nSPS) is 20.3. The zero-order chi connectivity index (χ0) is 30.0. The van der Waals surface area contributed by atoms with Crippen molar-refractivity contribution in [2.75, 3.05) is 42.5 Å². The topological polar surface area (TPSA) is 106 Å². The molecule has 6 rings (SSSR count). The van der Waals surface area contributed by atoms with Crippen molar-refractivity contribution in [1.82, 2.24) is 24.7 Å². The van der Waals surface area contributed by atoms with E-state index < -0.39 is 15.8 Å². The number of methoxy groups -OCH3 is 1. The molecule has 4 aromatic heterocycles. The van der Waals surface area contributed by atoms with E-state index in [9.17, 15) is 17.2 Å². The van der Waals surface area contributed by atoms with Crippen LogP contribution in [0.5, 0.6) is 5.75 Å². The van der Waals surface area contributed by atoms with Crippen molar-refractivity contribution in [2.24, 2.45) is 5.92 Å². The fourth-order valence-electron chi connectivity index (χ4n) is 5.89. The second-order valence-electron chi connectivity index (χ2n) is 11.5. The Kier molecular flexibility index (Phi) is 6.82. The molecule has 2 aliphatic rings. The monoisotopic (exact) mass is 597 g/mol. The molecule has 2 atom stereocenters. The number of halogens is 2. The van der Waals surface area contributed by atoms with E-state index in [4.69, 9.17) is 14.7 Å². The van der Waals surface area contributed by atoms with Crippen LogP contribution in [-0.2, 0) is 9.84 Å². The maximum absolute atomic E-state index is 13.8. The molecule has 5 heterocycles. The number of fused-ring (bicyclic) bond motifs is 1. The number of rotatable bonds is 8. The third-order valence-electron chi connectivity index (χ3n) is 8.47. The van der Waals surface area contributed by atoms with Gasteiger partial charge in [0, 0.05) is 92.0 Å². The van der Waals surface area contributed by atoms with Crippen molar-refractivity contribution < 1.29 is 21.9 Å². The number of hydrogen-bond acceptors (Lipinski definition) is 9. The van der Waals surface area contributed by atoms with Gasteiger partial charge < -0.3 is 14.5 Å². The molecule has 0 aromatic carbocycles. The molecule has 0 N–H and O–H groups in total. The van der Waals surface area contributed by atoms with Gasteiger partial charge in [0.25, 0.3) is 5.92 Å². The van der Waals surface area contributed by atoms with E-state index in [0.717, 1.165) is 27.8 Å². The number of ether oxygens (including phenoxy) is 1. The van der Waals surface area contributed by atoms with Crippen LogP contribution < -0.4 is 14.5 Å². The Labute approximate surface area is 243 Å². The number of sulfone groups is 1. The summed E-state index contributed by atoms with van der Waals surface area (Å²) in [5.41, 5.74) is 3.76. The van der Waals surface area contributed by atoms with Crippen LogP contribution in [0.25, 0.3) is 28.0 Å². The lowest BCUT2D eigenvalue weighted by Gasteiger charge is -2.48. The number of hydrogen-bond donors (Lipinski definition) is 0. The number of nitrogens with zero attached hydrogens (tertiary/aromatic N) is 7. The molecule has 1 aliphatic heterocycles. The number of alkyl halides is 2. The second kappa shape index (κ2) is 10.1. The van der Waals surface area contributed by atoms with Gasteiger partial charge >= 0.3 is 0 Å². The molecule has 4 aromatic rings. The molecule has 1 saturated carbocycles. The van der Waals surface area contributed by atoms with Crippen LogP contribution >= 0.6 is 0 Å². The Bertz CT molecular complexity index is 1770. The van der Waals surface area contributed by atoms with Gasteiger partial charge in [0.05, 0.1) is 35.8 Å². The standard InChI is InChI=1S/C29H33F2N7O3S/c1-17-22-14-33-38(25(22)10-24(34-17)23-13-32-7-6-26(23)41-4)28-9-20(37-15-19(18(37)2)16-42(5,39)40)8-27(35-28)36(3)21-11-29(30,31)12-21/h6-10,13-14,18-19,21H,11-12,15-16H2,1-5H3/t18-,19-/m1/s1. The van der Waals surface area contributed by atoms with Gasteiger partial charge in [0.1, 0.15) is 21.4 Å². The van der Waals surface area contributed by atoms with Gasteiger partial charge in [-0.05, 0) is 26.0 Å². The molecule has 0 unspecified atom stereocenters. The van der Waals surface area contributed by atoms with E-state index in [1.807, 2.05) is 32.0 Å². The maximum atomic E-state index is 13.8. The third-order valence-corrected chi connectivity index (χ3v) is 9.50. The minimum atomic E-state index is -3.12. The molecule has 0 radical (unpaired) electrons. The number of anilines is 2. The molecule has 1 saturated heterocycles. The third kappa shape index (κ3) is 5.14. The maximum Gasteiger partial charge on any atom is 0.252 e. The van der Waals surface area contributed by atoms with E-state index >= 15 is 0 Å². The van der Waals surface area contributed by atoms with Crippen LogP contribution in [0.1, 0.15) is 25.5 Å². The predicted octanol–water partition coefficient (Wildman–Crippen LogP) is 4.30. The van der Waals surface area contributed by atoms with E-state index in [0.29, 0.717) is 29.6 Å². The summed E-state index contributed by atoms with van der Waals surface area (Å²) in [4.78, 5) is 17.8. The summed E-state index contributed by atoms with van der Waals surface area (Å²) in [6.45, 7) is 4.47. The highest BCUT2D eigenvalue weighted by molar-refractivity contribution is 7.90. The molecule has 42 heavy (non-hydrogen) atoms. The lowest BCUT2D eigenvalue weighted by molar-refractivity contribution is -0.0850. The smallest absolute Gasteiger partial charge is 0.252 e. The van der Waals surface area contributed by atoms with Crippen LogP contribution in [0.2, 0.25) is 0 Å². The second-order valence-corrected chi connectivity index (χ2v) is 13.7. The zero-order valence-corrected chi connectivity index (χ0v) is 24.9. The summed E-state index contributed by atoms with van der Waals surface area (Å²) in [6, 6.07) is 7.12. The van der Waals surface area contributed by atoms with Crippen LogP contribution in [0.15, 0.2) is 42.9 Å². The Balaban J connectivity index is 1.44. The average molecular weight is 598 g/mol. The van der Waals surface area contributed by atoms with Crippen LogP contribution in [0.4, 0.5) is 20.3 Å². The van der Waals surface area contributed by atoms with E-state index in [2.05, 4.69) is 15.0 Å². The van der Waals surface area contributed by atoms with Crippen molar-refractivity contribution in [3.63, 3.8) is 0 Å². The molecule has 2 fully saturated rings. The summed E-state index contributed by atoms with van der Waals surface area (Å²) in [5, 5.41) is 5.50. The fraction of sp³-hybridized carbons (Fsp3) is 0.448. The van der Waals surface area contributed by atoms with E-state index in [1.54, 1.807) is 48.4 Å². The quantitative estimate of drug-likeness (QED) is 0.294. The van der Waals surface area contributed by atoms with Crippen LogP contribution in [0, 0.1) is 12.8 Å². The summed E-state index contributed by atoms with van der Waals surface area (Å²) in [5.74, 6) is -0.854. The van der Waals surface area contributed by atoms with Gasteiger partial charge in [-0.1, -0.05) is 0 Å². The van der Waals surface area contributed by atoms with Crippen molar-refractivity contribution >= 4 is 32.2 Å². The molecule has 0 bridgehead atoms. The largest absolute Gasteiger partial charge is 0.496 e. The van der Waals surface area contributed by atoms with Crippen LogP contribution in [-0.4, -0.2) is 83.9 Å². The minimum absolute atomic E-state index is 0.000559. The van der Waals surface area contributed by atoms with Crippen molar-refractivity contribution in [3.8, 4) is 22.8 Å². The SMILES string of the molecule is COc1ccncc1-c1cc2c(cnn2-c2cc(N3C[C@H](CS(C)(=O)=O)[C@H]3C)cc(N(C)C3CC(F)(F)C3)n2)c(C)n1. The zero-order valence-electron chi connectivity index (χ0n) is 24.1. The molecule has 1 aliphatic carbocycles. The summed E-state index contributed by atoms with van der Waals surface area (Å²) in [7, 11) is 0.258. The molecule has 222 valence electrons. The summed E-state index contributed by atoms with van der Waals surface area (Å²) < 4.78 is 58.7.